The van der Waals surface area contributed by atoms with Gasteiger partial charge in [0, 0.05) is 17.0 Å². The standard InChI is InChI=1S/C14H13N3O3S/c18-13(10-5-6-15-12(17-10)8-1-2-8)16-7-9-3-4-11(21-9)14(19)20/h3-6,8H,1-2,7H2,(H,16,18)(H,19,20). The van der Waals surface area contributed by atoms with Crippen LogP contribution < -0.4 is 5.32 Å². The number of amides is 1. The molecule has 0 atom stereocenters. The molecule has 1 saturated carbocycles. The molecule has 0 bridgehead atoms. The van der Waals surface area contributed by atoms with Gasteiger partial charge in [0.1, 0.15) is 16.4 Å². The zero-order valence-electron chi connectivity index (χ0n) is 11.1. The van der Waals surface area contributed by atoms with Gasteiger partial charge < -0.3 is 10.4 Å². The number of aromatic carboxylic acids is 1. The number of nitrogens with zero attached hydrogens (tertiary/aromatic N) is 2. The maximum Gasteiger partial charge on any atom is 0.345 e. The summed E-state index contributed by atoms with van der Waals surface area (Å²) in [6, 6.07) is 4.81. The largest absolute Gasteiger partial charge is 0.477 e. The third-order valence-corrected chi connectivity index (χ3v) is 4.22. The van der Waals surface area contributed by atoms with Crippen molar-refractivity contribution in [1.82, 2.24) is 15.3 Å². The van der Waals surface area contributed by atoms with E-state index in [1.807, 2.05) is 0 Å². The highest BCUT2D eigenvalue weighted by atomic mass is 32.1. The lowest BCUT2D eigenvalue weighted by atomic mass is 10.3. The molecule has 0 saturated heterocycles. The molecule has 0 spiro atoms. The van der Waals surface area contributed by atoms with Gasteiger partial charge in [-0.1, -0.05) is 0 Å². The van der Waals surface area contributed by atoms with Gasteiger partial charge in [0.2, 0.25) is 0 Å². The number of carbonyl (C=O) groups is 2. The molecule has 1 aliphatic carbocycles. The van der Waals surface area contributed by atoms with Crippen molar-refractivity contribution in [2.75, 3.05) is 0 Å². The van der Waals surface area contributed by atoms with Gasteiger partial charge in [-0.15, -0.1) is 11.3 Å². The summed E-state index contributed by atoms with van der Waals surface area (Å²) in [6.07, 6.45) is 3.76. The Morgan fingerprint density at radius 1 is 1.33 bits per heavy atom. The highest BCUT2D eigenvalue weighted by molar-refractivity contribution is 7.13. The zero-order valence-corrected chi connectivity index (χ0v) is 11.9. The number of hydrogen-bond donors (Lipinski definition) is 2. The van der Waals surface area contributed by atoms with E-state index < -0.39 is 5.97 Å². The quantitative estimate of drug-likeness (QED) is 0.882. The lowest BCUT2D eigenvalue weighted by Crippen LogP contribution is -2.23. The summed E-state index contributed by atoms with van der Waals surface area (Å²) in [5.74, 6) is -0.105. The summed E-state index contributed by atoms with van der Waals surface area (Å²) in [4.78, 5) is 32.3. The Labute approximate surface area is 124 Å². The van der Waals surface area contributed by atoms with Crippen LogP contribution in [0.25, 0.3) is 0 Å². The number of nitrogens with one attached hydrogen (secondary N) is 1. The fourth-order valence-electron chi connectivity index (χ4n) is 1.88. The third kappa shape index (κ3) is 3.25. The molecule has 3 rings (SSSR count). The summed E-state index contributed by atoms with van der Waals surface area (Å²) in [7, 11) is 0. The van der Waals surface area contributed by atoms with Crippen LogP contribution in [-0.2, 0) is 6.54 Å². The average molecular weight is 303 g/mol. The molecule has 108 valence electrons. The van der Waals surface area contributed by atoms with Gasteiger partial charge in [-0.05, 0) is 31.0 Å². The lowest BCUT2D eigenvalue weighted by molar-refractivity contribution is 0.0702. The first-order chi connectivity index (χ1) is 10.1. The van der Waals surface area contributed by atoms with Crippen LogP contribution in [-0.4, -0.2) is 27.0 Å². The molecule has 0 aromatic carbocycles. The van der Waals surface area contributed by atoms with Crippen LogP contribution in [0.2, 0.25) is 0 Å². The number of aromatic nitrogens is 2. The van der Waals surface area contributed by atoms with E-state index in [0.29, 0.717) is 18.2 Å². The first-order valence-electron chi connectivity index (χ1n) is 6.56. The van der Waals surface area contributed by atoms with Crippen molar-refractivity contribution in [2.24, 2.45) is 0 Å². The van der Waals surface area contributed by atoms with Crippen LogP contribution in [0.3, 0.4) is 0 Å². The second-order valence-corrected chi connectivity index (χ2v) is 6.00. The Kier molecular flexibility index (Phi) is 3.66. The molecule has 2 aromatic heterocycles. The van der Waals surface area contributed by atoms with E-state index in [2.05, 4.69) is 15.3 Å². The molecule has 2 aromatic rings. The van der Waals surface area contributed by atoms with Crippen LogP contribution in [0, 0.1) is 0 Å². The van der Waals surface area contributed by atoms with Crippen molar-refractivity contribution in [3.05, 3.63) is 45.7 Å². The number of carbonyl (C=O) groups excluding carboxylic acids is 1. The first-order valence-corrected chi connectivity index (χ1v) is 7.38. The molecular formula is C14H13N3O3S. The number of rotatable bonds is 5. The maximum atomic E-state index is 12.0. The summed E-state index contributed by atoms with van der Waals surface area (Å²) in [5.41, 5.74) is 0.349. The topological polar surface area (TPSA) is 92.2 Å². The molecule has 2 heterocycles. The molecule has 2 N–H and O–H groups in total. The average Bonchev–Trinajstić information content (AvgIpc) is 3.23. The lowest BCUT2D eigenvalue weighted by Gasteiger charge is -2.04. The molecule has 0 unspecified atom stereocenters. The van der Waals surface area contributed by atoms with E-state index in [0.717, 1.165) is 34.9 Å². The molecule has 1 aliphatic rings. The number of carboxylic acids is 1. The Hall–Kier alpha value is -2.28. The molecule has 21 heavy (non-hydrogen) atoms. The Morgan fingerprint density at radius 2 is 2.14 bits per heavy atom. The molecule has 1 amide bonds. The fraction of sp³-hybridized carbons (Fsp3) is 0.286. The zero-order chi connectivity index (χ0) is 14.8. The maximum absolute atomic E-state index is 12.0. The fourth-order valence-corrected chi connectivity index (χ4v) is 2.67. The van der Waals surface area contributed by atoms with Crippen LogP contribution in [0.15, 0.2) is 24.4 Å². The Bertz CT molecular complexity index is 694. The van der Waals surface area contributed by atoms with Crippen molar-refractivity contribution in [2.45, 2.75) is 25.3 Å². The van der Waals surface area contributed by atoms with E-state index in [9.17, 15) is 9.59 Å². The van der Waals surface area contributed by atoms with Gasteiger partial charge in [-0.2, -0.15) is 0 Å². The van der Waals surface area contributed by atoms with E-state index in [4.69, 9.17) is 5.11 Å². The normalized spacial score (nSPS) is 13.9. The summed E-state index contributed by atoms with van der Waals surface area (Å²) < 4.78 is 0. The summed E-state index contributed by atoms with van der Waals surface area (Å²) >= 11 is 1.15. The first kappa shape index (κ1) is 13.7. The highest BCUT2D eigenvalue weighted by Gasteiger charge is 2.27. The minimum absolute atomic E-state index is 0.261. The second-order valence-electron chi connectivity index (χ2n) is 4.83. The molecule has 0 aliphatic heterocycles. The van der Waals surface area contributed by atoms with Crippen LogP contribution in [0.4, 0.5) is 0 Å². The number of hydrogen-bond acceptors (Lipinski definition) is 5. The van der Waals surface area contributed by atoms with E-state index >= 15 is 0 Å². The van der Waals surface area contributed by atoms with Crippen LogP contribution in [0.1, 0.15) is 49.6 Å². The van der Waals surface area contributed by atoms with Crippen molar-refractivity contribution in [3.63, 3.8) is 0 Å². The minimum Gasteiger partial charge on any atom is -0.477 e. The monoisotopic (exact) mass is 303 g/mol. The Morgan fingerprint density at radius 3 is 2.81 bits per heavy atom. The predicted molar refractivity (Wildman–Crippen MR) is 76.5 cm³/mol. The smallest absolute Gasteiger partial charge is 0.345 e. The molecule has 1 fully saturated rings. The van der Waals surface area contributed by atoms with Crippen molar-refractivity contribution in [3.8, 4) is 0 Å². The van der Waals surface area contributed by atoms with E-state index in [1.165, 1.54) is 6.07 Å². The van der Waals surface area contributed by atoms with Crippen molar-refractivity contribution >= 4 is 23.2 Å². The van der Waals surface area contributed by atoms with Gasteiger partial charge in [0.15, 0.2) is 0 Å². The van der Waals surface area contributed by atoms with Crippen LogP contribution in [0.5, 0.6) is 0 Å². The van der Waals surface area contributed by atoms with Crippen molar-refractivity contribution in [1.29, 1.82) is 0 Å². The van der Waals surface area contributed by atoms with Gasteiger partial charge in [-0.3, -0.25) is 4.79 Å². The second kappa shape index (κ2) is 5.61. The molecule has 0 radical (unpaired) electrons. The predicted octanol–water partition coefficient (Wildman–Crippen LogP) is 2.04. The van der Waals surface area contributed by atoms with Crippen molar-refractivity contribution < 1.29 is 14.7 Å². The molecule has 7 heteroatoms. The molecule has 6 nitrogen and oxygen atoms in total. The minimum atomic E-state index is -0.956. The number of thiophene rings is 1. The van der Waals surface area contributed by atoms with E-state index in [-0.39, 0.29) is 10.8 Å². The summed E-state index contributed by atoms with van der Waals surface area (Å²) in [5, 5.41) is 11.6. The van der Waals surface area contributed by atoms with Gasteiger partial charge in [-0.25, -0.2) is 14.8 Å². The number of carboxylic acid groups (broad SMARTS) is 1. The van der Waals surface area contributed by atoms with Crippen LogP contribution >= 0.6 is 11.3 Å². The third-order valence-electron chi connectivity index (χ3n) is 3.14. The highest BCUT2D eigenvalue weighted by Crippen LogP contribution is 2.37. The molecular weight excluding hydrogens is 290 g/mol. The van der Waals surface area contributed by atoms with Gasteiger partial charge in [0.25, 0.3) is 5.91 Å². The van der Waals surface area contributed by atoms with Gasteiger partial charge >= 0.3 is 5.97 Å². The Balaban J connectivity index is 1.62. The van der Waals surface area contributed by atoms with E-state index in [1.54, 1.807) is 18.3 Å². The van der Waals surface area contributed by atoms with Gasteiger partial charge in [0.05, 0.1) is 6.54 Å². The SMILES string of the molecule is O=C(NCc1ccc(C(=O)O)s1)c1ccnc(C2CC2)n1. The summed E-state index contributed by atoms with van der Waals surface area (Å²) in [6.45, 7) is 0.291.